The highest BCUT2D eigenvalue weighted by Gasteiger charge is 2.35. The van der Waals surface area contributed by atoms with E-state index in [1.54, 1.807) is 13.4 Å². The fourth-order valence-corrected chi connectivity index (χ4v) is 4.67. The Morgan fingerprint density at radius 2 is 1.97 bits per heavy atom. The van der Waals surface area contributed by atoms with E-state index in [1.165, 1.54) is 12.1 Å². The first-order chi connectivity index (χ1) is 16.0. The van der Waals surface area contributed by atoms with Gasteiger partial charge in [0.05, 0.1) is 36.6 Å². The molecule has 0 amide bonds. The molecule has 0 saturated carbocycles. The molecule has 3 aromatic rings. The monoisotopic (exact) mass is 446 g/mol. The van der Waals surface area contributed by atoms with Gasteiger partial charge >= 0.3 is 0 Å². The molecule has 1 aromatic heterocycles. The molecule has 170 valence electrons. The second-order valence-electron chi connectivity index (χ2n) is 8.45. The first-order valence-corrected chi connectivity index (χ1v) is 11.1. The van der Waals surface area contributed by atoms with Crippen LogP contribution < -0.4 is 10.1 Å². The number of piperidine rings is 1. The summed E-state index contributed by atoms with van der Waals surface area (Å²) in [4.78, 5) is 6.33. The number of allylic oxidation sites excluding steroid dienone is 3. The average Bonchev–Trinajstić information content (AvgIpc) is 3.27. The molecule has 0 spiro atoms. The molecule has 0 bridgehead atoms. The van der Waals surface area contributed by atoms with E-state index in [-0.39, 0.29) is 11.9 Å². The minimum absolute atomic E-state index is 0.00695. The smallest absolute Gasteiger partial charge is 0.168 e. The molecule has 0 radical (unpaired) electrons. The van der Waals surface area contributed by atoms with Crippen LogP contribution in [-0.2, 0) is 0 Å². The lowest BCUT2D eigenvalue weighted by Crippen LogP contribution is -2.44. The van der Waals surface area contributed by atoms with Crippen molar-refractivity contribution >= 4 is 5.69 Å². The van der Waals surface area contributed by atoms with Gasteiger partial charge in [-0.25, -0.2) is 9.37 Å². The van der Waals surface area contributed by atoms with Gasteiger partial charge in [0.25, 0.3) is 0 Å². The number of benzene rings is 2. The first-order valence-electron chi connectivity index (χ1n) is 11.1. The van der Waals surface area contributed by atoms with E-state index in [0.717, 1.165) is 47.6 Å². The average molecular weight is 447 g/mol. The molecule has 2 N–H and O–H groups in total. The molecule has 1 saturated heterocycles. The van der Waals surface area contributed by atoms with Crippen molar-refractivity contribution in [2.75, 3.05) is 12.4 Å². The maximum Gasteiger partial charge on any atom is 0.168 e. The Balaban J connectivity index is 1.40. The number of nitrogens with zero attached hydrogens (tertiary/aromatic N) is 3. The number of aliphatic hydroxyl groups is 1. The zero-order valence-corrected chi connectivity index (χ0v) is 18.7. The predicted octanol–water partition coefficient (Wildman–Crippen LogP) is 5.07. The number of imidazole rings is 1. The Morgan fingerprint density at radius 3 is 2.70 bits per heavy atom. The summed E-state index contributed by atoms with van der Waals surface area (Å²) in [6.45, 7) is 1.94. The minimum atomic E-state index is -0.831. The summed E-state index contributed by atoms with van der Waals surface area (Å²) in [6.07, 6.45) is 9.70. The van der Waals surface area contributed by atoms with Crippen LogP contribution in [0, 0.1) is 12.7 Å². The number of methoxy groups -OCH3 is 1. The Labute approximate surface area is 192 Å². The van der Waals surface area contributed by atoms with Crippen LogP contribution in [0.2, 0.25) is 0 Å². The molecule has 6 nitrogen and oxygen atoms in total. The maximum absolute atomic E-state index is 13.5. The van der Waals surface area contributed by atoms with Crippen molar-refractivity contribution < 1.29 is 14.2 Å². The minimum Gasteiger partial charge on any atom is -0.494 e. The fourth-order valence-electron chi connectivity index (χ4n) is 4.67. The van der Waals surface area contributed by atoms with Crippen LogP contribution in [0.3, 0.4) is 0 Å². The van der Waals surface area contributed by atoms with Gasteiger partial charge in [0, 0.05) is 23.6 Å². The molecule has 2 aliphatic rings. The summed E-state index contributed by atoms with van der Waals surface area (Å²) >= 11 is 0. The molecule has 0 aliphatic carbocycles. The van der Waals surface area contributed by atoms with Gasteiger partial charge in [-0.1, -0.05) is 12.1 Å². The van der Waals surface area contributed by atoms with Crippen molar-refractivity contribution in [3.8, 4) is 11.4 Å². The number of rotatable bonds is 5. The Morgan fingerprint density at radius 1 is 1.15 bits per heavy atom. The highest BCUT2D eigenvalue weighted by atomic mass is 19.1. The van der Waals surface area contributed by atoms with Gasteiger partial charge < -0.3 is 24.6 Å². The molecule has 2 atom stereocenters. The van der Waals surface area contributed by atoms with Crippen molar-refractivity contribution in [2.45, 2.75) is 38.5 Å². The highest BCUT2D eigenvalue weighted by molar-refractivity contribution is 5.60. The zero-order chi connectivity index (χ0) is 22.9. The Bertz CT molecular complexity index is 1220. The summed E-state index contributed by atoms with van der Waals surface area (Å²) in [5.41, 5.74) is 5.40. The number of fused-ring (bicyclic) bond motifs is 1. The third-order valence-electron chi connectivity index (χ3n) is 6.29. The van der Waals surface area contributed by atoms with Gasteiger partial charge in [-0.2, -0.15) is 0 Å². The van der Waals surface area contributed by atoms with Crippen LogP contribution in [0.4, 0.5) is 10.1 Å². The lowest BCUT2D eigenvalue weighted by Gasteiger charge is -2.45. The third-order valence-corrected chi connectivity index (χ3v) is 6.29. The van der Waals surface area contributed by atoms with Gasteiger partial charge in [0.2, 0.25) is 0 Å². The lowest BCUT2D eigenvalue weighted by molar-refractivity contribution is 0.00919. The molecule has 7 heteroatoms. The van der Waals surface area contributed by atoms with Crippen LogP contribution in [0.5, 0.6) is 5.75 Å². The quantitative estimate of drug-likeness (QED) is 0.573. The van der Waals surface area contributed by atoms with Crippen LogP contribution in [-0.4, -0.2) is 32.9 Å². The second-order valence-corrected chi connectivity index (χ2v) is 8.45. The molecule has 5 rings (SSSR count). The maximum atomic E-state index is 13.5. The normalized spacial score (nSPS) is 20.1. The number of ether oxygens (including phenoxy) is 1. The van der Waals surface area contributed by atoms with Crippen LogP contribution in [0.1, 0.15) is 36.6 Å². The number of hydrogen-bond donors (Lipinski definition) is 2. The lowest BCUT2D eigenvalue weighted by atomic mass is 9.91. The molecular weight excluding hydrogens is 419 g/mol. The van der Waals surface area contributed by atoms with E-state index in [0.29, 0.717) is 11.4 Å². The standard InChI is InChI=1S/C26H27FN4O2/c1-17-15-30(16-28-17)24-13-10-20(14-25(24)33-2)29-22-12-11-21-4-3-5-23(31(21)26(22)32)18-6-8-19(27)9-7-18/h6-16,23,26,29,32H,3-5H2,1-2H3. The summed E-state index contributed by atoms with van der Waals surface area (Å²) < 4.78 is 21.0. The van der Waals surface area contributed by atoms with E-state index in [9.17, 15) is 9.50 Å². The number of nitrogens with one attached hydrogen (secondary N) is 1. The van der Waals surface area contributed by atoms with Gasteiger partial charge in [0.15, 0.2) is 6.23 Å². The number of aliphatic hydroxyl groups excluding tert-OH is 1. The Kier molecular flexibility index (Phi) is 5.64. The van der Waals surface area contributed by atoms with Crippen LogP contribution >= 0.6 is 0 Å². The van der Waals surface area contributed by atoms with E-state index in [1.807, 2.05) is 59.0 Å². The molecule has 2 aliphatic heterocycles. The molecule has 3 heterocycles. The molecule has 1 fully saturated rings. The highest BCUT2D eigenvalue weighted by Crippen LogP contribution is 2.41. The number of aryl methyl sites for hydroxylation is 1. The van der Waals surface area contributed by atoms with Gasteiger partial charge in [-0.15, -0.1) is 0 Å². The third kappa shape index (κ3) is 4.12. The van der Waals surface area contributed by atoms with E-state index >= 15 is 0 Å². The van der Waals surface area contributed by atoms with Crippen molar-refractivity contribution in [2.24, 2.45) is 0 Å². The van der Waals surface area contributed by atoms with Crippen molar-refractivity contribution in [3.63, 3.8) is 0 Å². The van der Waals surface area contributed by atoms with Gasteiger partial charge in [-0.05, 0) is 68.2 Å². The number of anilines is 1. The summed E-state index contributed by atoms with van der Waals surface area (Å²) in [7, 11) is 1.64. The molecule has 33 heavy (non-hydrogen) atoms. The van der Waals surface area contributed by atoms with Gasteiger partial charge in [0.1, 0.15) is 11.6 Å². The van der Waals surface area contributed by atoms with Gasteiger partial charge in [-0.3, -0.25) is 0 Å². The first kappa shape index (κ1) is 21.3. The largest absolute Gasteiger partial charge is 0.494 e. The number of hydrogen-bond acceptors (Lipinski definition) is 5. The summed E-state index contributed by atoms with van der Waals surface area (Å²) in [6, 6.07) is 12.4. The molecule has 2 unspecified atom stereocenters. The number of halogens is 1. The van der Waals surface area contributed by atoms with E-state index in [4.69, 9.17) is 4.74 Å². The summed E-state index contributed by atoms with van der Waals surface area (Å²) in [5.74, 6) is 0.441. The second kappa shape index (κ2) is 8.75. The van der Waals surface area contributed by atoms with Crippen molar-refractivity contribution in [3.05, 3.63) is 95.6 Å². The fraction of sp³-hybridized carbons (Fsp3) is 0.269. The SMILES string of the molecule is COc1cc(NC2=CC=C3CCCC(c4ccc(F)cc4)N3C2O)ccc1-n1cnc(C)c1. The molecule has 2 aromatic carbocycles. The van der Waals surface area contributed by atoms with Crippen LogP contribution in [0.15, 0.2) is 78.5 Å². The van der Waals surface area contributed by atoms with E-state index < -0.39 is 6.23 Å². The topological polar surface area (TPSA) is 62.6 Å². The summed E-state index contributed by atoms with van der Waals surface area (Å²) in [5, 5.41) is 14.7. The number of aromatic nitrogens is 2. The molecular formula is C26H27FN4O2. The predicted molar refractivity (Wildman–Crippen MR) is 125 cm³/mol. The van der Waals surface area contributed by atoms with Crippen LogP contribution in [0.25, 0.3) is 5.69 Å². The van der Waals surface area contributed by atoms with Crippen molar-refractivity contribution in [1.82, 2.24) is 14.5 Å². The van der Waals surface area contributed by atoms with Crippen molar-refractivity contribution in [1.29, 1.82) is 0 Å². The van der Waals surface area contributed by atoms with E-state index in [2.05, 4.69) is 16.4 Å². The Hall–Kier alpha value is -3.58. The zero-order valence-electron chi connectivity index (χ0n) is 18.7.